The number of amides is 2. The van der Waals surface area contributed by atoms with Gasteiger partial charge in [0.1, 0.15) is 0 Å². The highest BCUT2D eigenvalue weighted by Gasteiger charge is 2.12. The fourth-order valence-electron chi connectivity index (χ4n) is 2.12. The predicted molar refractivity (Wildman–Crippen MR) is 104 cm³/mol. The summed E-state index contributed by atoms with van der Waals surface area (Å²) in [5.74, 6) is -0.983. The van der Waals surface area contributed by atoms with E-state index in [4.69, 9.17) is 23.8 Å². The van der Waals surface area contributed by atoms with Gasteiger partial charge in [0.05, 0.1) is 4.92 Å². The quantitative estimate of drug-likeness (QED) is 0.399. The molecule has 8 nitrogen and oxygen atoms in total. The SMILES string of the molecule is O=C(CCc1ccccc1Cl)NC(=S)NNC(=O)c1cccc([N+](=O)[O-])c1. The van der Waals surface area contributed by atoms with E-state index in [-0.39, 0.29) is 28.7 Å². The Labute approximate surface area is 165 Å². The molecule has 27 heavy (non-hydrogen) atoms. The van der Waals surface area contributed by atoms with E-state index in [0.717, 1.165) is 11.6 Å². The second-order valence-electron chi connectivity index (χ2n) is 5.36. The van der Waals surface area contributed by atoms with E-state index in [1.807, 2.05) is 12.1 Å². The van der Waals surface area contributed by atoms with Gasteiger partial charge in [-0.1, -0.05) is 35.9 Å². The third-order valence-corrected chi connectivity index (χ3v) is 4.01. The molecule has 0 fully saturated rings. The first kappa shape index (κ1) is 20.3. The van der Waals surface area contributed by atoms with Crippen LogP contribution in [0.5, 0.6) is 0 Å². The number of hydrogen-bond donors (Lipinski definition) is 3. The fourth-order valence-corrected chi connectivity index (χ4v) is 2.51. The molecule has 3 N–H and O–H groups in total. The van der Waals surface area contributed by atoms with Crippen molar-refractivity contribution in [3.63, 3.8) is 0 Å². The van der Waals surface area contributed by atoms with Gasteiger partial charge in [0, 0.05) is 29.1 Å². The molecule has 140 valence electrons. The molecule has 0 saturated carbocycles. The molecule has 0 atom stereocenters. The smallest absolute Gasteiger partial charge is 0.270 e. The first-order chi connectivity index (χ1) is 12.9. The molecule has 0 aliphatic heterocycles. The number of benzene rings is 2. The topological polar surface area (TPSA) is 113 Å². The highest BCUT2D eigenvalue weighted by Crippen LogP contribution is 2.16. The second-order valence-corrected chi connectivity index (χ2v) is 6.17. The van der Waals surface area contributed by atoms with Gasteiger partial charge >= 0.3 is 0 Å². The van der Waals surface area contributed by atoms with Crippen LogP contribution in [-0.2, 0) is 11.2 Å². The molecule has 0 saturated heterocycles. The minimum absolute atomic E-state index is 0.0737. The number of non-ortho nitro benzene ring substituents is 1. The van der Waals surface area contributed by atoms with Gasteiger partial charge in [0.25, 0.3) is 11.6 Å². The second kappa shape index (κ2) is 9.60. The summed E-state index contributed by atoms with van der Waals surface area (Å²) in [7, 11) is 0. The number of carbonyl (C=O) groups is 2. The molecule has 0 aliphatic carbocycles. The molecule has 2 aromatic rings. The lowest BCUT2D eigenvalue weighted by molar-refractivity contribution is -0.384. The Morgan fingerprint density at radius 2 is 1.85 bits per heavy atom. The van der Waals surface area contributed by atoms with Crippen LogP contribution in [0, 0.1) is 10.1 Å². The molecule has 2 amide bonds. The van der Waals surface area contributed by atoms with Gasteiger partial charge in [-0.05, 0) is 36.3 Å². The lowest BCUT2D eigenvalue weighted by Crippen LogP contribution is -2.48. The number of rotatable bonds is 5. The summed E-state index contributed by atoms with van der Waals surface area (Å²) in [5, 5.41) is 13.6. The Morgan fingerprint density at radius 3 is 2.56 bits per heavy atom. The lowest BCUT2D eigenvalue weighted by Gasteiger charge is -2.11. The summed E-state index contributed by atoms with van der Waals surface area (Å²) < 4.78 is 0. The Hall–Kier alpha value is -3.04. The number of nitrogens with one attached hydrogen (secondary N) is 3. The third-order valence-electron chi connectivity index (χ3n) is 3.44. The van der Waals surface area contributed by atoms with Gasteiger partial charge in [-0.3, -0.25) is 30.6 Å². The number of hydrogen-bond acceptors (Lipinski definition) is 5. The normalized spacial score (nSPS) is 9.96. The third kappa shape index (κ3) is 6.32. The Balaban J connectivity index is 1.79. The first-order valence-electron chi connectivity index (χ1n) is 7.75. The number of nitro benzene ring substituents is 1. The number of thiocarbonyl (C=S) groups is 1. The zero-order valence-corrected chi connectivity index (χ0v) is 15.5. The van der Waals surface area contributed by atoms with Gasteiger partial charge in [-0.15, -0.1) is 0 Å². The van der Waals surface area contributed by atoms with Crippen molar-refractivity contribution in [3.8, 4) is 0 Å². The number of carbonyl (C=O) groups excluding carboxylic acids is 2. The predicted octanol–water partition coefficient (Wildman–Crippen LogP) is 2.52. The summed E-state index contributed by atoms with van der Waals surface area (Å²) in [5.41, 5.74) is 5.34. The fraction of sp³-hybridized carbons (Fsp3) is 0.118. The maximum Gasteiger partial charge on any atom is 0.270 e. The maximum absolute atomic E-state index is 12.0. The van der Waals surface area contributed by atoms with Crippen LogP contribution in [0.2, 0.25) is 5.02 Å². The minimum Gasteiger partial charge on any atom is -0.302 e. The van der Waals surface area contributed by atoms with Crippen LogP contribution in [0.3, 0.4) is 0 Å². The summed E-state index contributed by atoms with van der Waals surface area (Å²) in [6.45, 7) is 0. The first-order valence-corrected chi connectivity index (χ1v) is 8.53. The number of aryl methyl sites for hydroxylation is 1. The molecule has 0 spiro atoms. The van der Waals surface area contributed by atoms with Crippen LogP contribution in [0.4, 0.5) is 5.69 Å². The maximum atomic E-state index is 12.0. The van der Waals surface area contributed by atoms with Gasteiger partial charge in [0.2, 0.25) is 5.91 Å². The van der Waals surface area contributed by atoms with Crippen LogP contribution >= 0.6 is 23.8 Å². The molecule has 0 aliphatic rings. The summed E-state index contributed by atoms with van der Waals surface area (Å²) in [4.78, 5) is 34.0. The summed E-state index contributed by atoms with van der Waals surface area (Å²) in [6.07, 6.45) is 0.596. The van der Waals surface area contributed by atoms with Crippen LogP contribution in [0.1, 0.15) is 22.3 Å². The van der Waals surface area contributed by atoms with Crippen LogP contribution in [0.25, 0.3) is 0 Å². The van der Waals surface area contributed by atoms with Gasteiger partial charge < -0.3 is 5.32 Å². The lowest BCUT2D eigenvalue weighted by atomic mass is 10.1. The number of nitro groups is 1. The molecule has 0 aromatic heterocycles. The molecule has 0 unspecified atom stereocenters. The van der Waals surface area contributed by atoms with Crippen molar-refractivity contribution in [2.75, 3.05) is 0 Å². The van der Waals surface area contributed by atoms with Crippen molar-refractivity contribution < 1.29 is 14.5 Å². The number of halogens is 1. The van der Waals surface area contributed by atoms with E-state index >= 15 is 0 Å². The highest BCUT2D eigenvalue weighted by atomic mass is 35.5. The Kier molecular flexibility index (Phi) is 7.21. The Morgan fingerprint density at radius 1 is 1.11 bits per heavy atom. The zero-order chi connectivity index (χ0) is 19.8. The van der Waals surface area contributed by atoms with Crippen molar-refractivity contribution in [2.45, 2.75) is 12.8 Å². The molecule has 2 rings (SSSR count). The van der Waals surface area contributed by atoms with Gasteiger partial charge in [0.15, 0.2) is 5.11 Å². The van der Waals surface area contributed by atoms with E-state index in [1.54, 1.807) is 12.1 Å². The van der Waals surface area contributed by atoms with Gasteiger partial charge in [-0.25, -0.2) is 0 Å². The molecule has 0 radical (unpaired) electrons. The van der Waals surface area contributed by atoms with Crippen molar-refractivity contribution in [3.05, 3.63) is 74.8 Å². The van der Waals surface area contributed by atoms with Crippen LogP contribution in [-0.4, -0.2) is 21.9 Å². The number of hydrazine groups is 1. The van der Waals surface area contributed by atoms with E-state index in [0.29, 0.717) is 11.4 Å². The van der Waals surface area contributed by atoms with Crippen molar-refractivity contribution in [2.24, 2.45) is 0 Å². The number of nitrogens with zero attached hydrogens (tertiary/aromatic N) is 1. The van der Waals surface area contributed by atoms with E-state index in [9.17, 15) is 19.7 Å². The summed E-state index contributed by atoms with van der Waals surface area (Å²) in [6, 6.07) is 12.4. The largest absolute Gasteiger partial charge is 0.302 e. The van der Waals surface area contributed by atoms with Gasteiger partial charge in [-0.2, -0.15) is 0 Å². The average Bonchev–Trinajstić information content (AvgIpc) is 2.65. The highest BCUT2D eigenvalue weighted by molar-refractivity contribution is 7.80. The Bertz CT molecular complexity index is 891. The van der Waals surface area contributed by atoms with E-state index in [1.165, 1.54) is 18.2 Å². The minimum atomic E-state index is -0.633. The van der Waals surface area contributed by atoms with E-state index in [2.05, 4.69) is 16.2 Å². The molecular formula is C17H15ClN4O4S. The monoisotopic (exact) mass is 406 g/mol. The molecule has 2 aromatic carbocycles. The molecule has 0 heterocycles. The molecule has 0 bridgehead atoms. The van der Waals surface area contributed by atoms with Crippen molar-refractivity contribution >= 4 is 46.4 Å². The van der Waals surface area contributed by atoms with Crippen LogP contribution in [0.15, 0.2) is 48.5 Å². The standard InChI is InChI=1S/C17H15ClN4O4S/c18-14-7-2-1-4-11(14)8-9-15(23)19-17(27)21-20-16(24)12-5-3-6-13(10-12)22(25)26/h1-7,10H,8-9H2,(H,20,24)(H2,19,21,23,27). The average molecular weight is 407 g/mol. The summed E-state index contributed by atoms with van der Waals surface area (Å²) >= 11 is 11.0. The van der Waals surface area contributed by atoms with Crippen LogP contribution < -0.4 is 16.2 Å². The van der Waals surface area contributed by atoms with E-state index < -0.39 is 10.8 Å². The van der Waals surface area contributed by atoms with Crippen molar-refractivity contribution in [1.82, 2.24) is 16.2 Å². The zero-order valence-electron chi connectivity index (χ0n) is 13.9. The molecule has 10 heteroatoms. The van der Waals surface area contributed by atoms with Crippen molar-refractivity contribution in [1.29, 1.82) is 0 Å². The molecular weight excluding hydrogens is 392 g/mol.